The first-order valence-corrected chi connectivity index (χ1v) is 9.48. The zero-order chi connectivity index (χ0) is 24.4. The monoisotopic (exact) mass is 476 g/mol. The van der Waals surface area contributed by atoms with Crippen molar-refractivity contribution < 1.29 is 41.0 Å². The van der Waals surface area contributed by atoms with Crippen molar-refractivity contribution in [2.45, 2.75) is 31.9 Å². The summed E-state index contributed by atoms with van der Waals surface area (Å²) in [6, 6.07) is 5.44. The maximum atomic E-state index is 13.0. The Balaban J connectivity index is 1.88. The molecule has 0 bridgehead atoms. The van der Waals surface area contributed by atoms with E-state index in [0.717, 1.165) is 0 Å². The van der Waals surface area contributed by atoms with E-state index in [1.807, 2.05) is 0 Å². The van der Waals surface area contributed by atoms with Crippen LogP contribution in [0.4, 0.5) is 26.3 Å². The third kappa shape index (κ3) is 5.53. The standard InChI is InChI=1S/C20H18F6N4O3/c1-11-16(18(32)28-14(9-31)17(19(21,22)23)20(24,25)26)15-8-13(5-7-30(15)29-11)33-10-12-4-2-3-6-27-12/h2-8,14,17,31H,9-10H2,1H3,(H,28,32). The highest BCUT2D eigenvalue weighted by atomic mass is 19.4. The number of pyridine rings is 2. The summed E-state index contributed by atoms with van der Waals surface area (Å²) >= 11 is 0. The van der Waals surface area contributed by atoms with E-state index in [2.05, 4.69) is 10.1 Å². The number of aromatic nitrogens is 3. The average molecular weight is 476 g/mol. The van der Waals surface area contributed by atoms with Crippen molar-refractivity contribution in [3.63, 3.8) is 0 Å². The van der Waals surface area contributed by atoms with Gasteiger partial charge in [-0.2, -0.15) is 31.4 Å². The van der Waals surface area contributed by atoms with Crippen LogP contribution < -0.4 is 10.1 Å². The molecule has 1 amide bonds. The number of aryl methyl sites for hydroxylation is 1. The molecule has 0 aromatic carbocycles. The van der Waals surface area contributed by atoms with Gasteiger partial charge >= 0.3 is 12.4 Å². The molecule has 0 aliphatic carbocycles. The summed E-state index contributed by atoms with van der Waals surface area (Å²) in [6.07, 6.45) is -8.48. The quantitative estimate of drug-likeness (QED) is 0.510. The fourth-order valence-electron chi connectivity index (χ4n) is 3.27. The Bertz CT molecular complexity index is 1100. The predicted octanol–water partition coefficient (Wildman–Crippen LogP) is 3.45. The van der Waals surface area contributed by atoms with E-state index in [1.54, 1.807) is 29.7 Å². The summed E-state index contributed by atoms with van der Waals surface area (Å²) in [5, 5.41) is 14.9. The van der Waals surface area contributed by atoms with Crippen molar-refractivity contribution >= 4 is 11.4 Å². The van der Waals surface area contributed by atoms with Crippen molar-refractivity contribution in [1.29, 1.82) is 0 Å². The number of ether oxygens (including phenoxy) is 1. The number of amides is 1. The van der Waals surface area contributed by atoms with E-state index in [0.29, 0.717) is 5.69 Å². The smallest absolute Gasteiger partial charge is 0.402 e. The molecule has 0 aliphatic rings. The molecule has 0 saturated heterocycles. The summed E-state index contributed by atoms with van der Waals surface area (Å²) in [4.78, 5) is 16.8. The van der Waals surface area contributed by atoms with Gasteiger partial charge < -0.3 is 15.2 Å². The minimum Gasteiger partial charge on any atom is -0.487 e. The van der Waals surface area contributed by atoms with Gasteiger partial charge in [0.1, 0.15) is 12.4 Å². The van der Waals surface area contributed by atoms with Crippen LogP contribution in [0, 0.1) is 12.8 Å². The van der Waals surface area contributed by atoms with Crippen LogP contribution in [0.25, 0.3) is 5.52 Å². The van der Waals surface area contributed by atoms with Gasteiger partial charge in [0.15, 0.2) is 5.92 Å². The number of fused-ring (bicyclic) bond motifs is 1. The van der Waals surface area contributed by atoms with Crippen molar-refractivity contribution in [3.8, 4) is 5.75 Å². The second-order valence-corrected chi connectivity index (χ2v) is 7.09. The summed E-state index contributed by atoms with van der Waals surface area (Å²) in [5.41, 5.74) is 0.508. The highest BCUT2D eigenvalue weighted by Gasteiger charge is 2.60. The molecule has 3 heterocycles. The minimum absolute atomic E-state index is 0.0571. The lowest BCUT2D eigenvalue weighted by Crippen LogP contribution is -2.54. The zero-order valence-electron chi connectivity index (χ0n) is 17.0. The average Bonchev–Trinajstić information content (AvgIpc) is 3.05. The molecular formula is C20H18F6N4O3. The number of aliphatic hydroxyl groups excluding tert-OH is 1. The molecule has 2 N–H and O–H groups in total. The number of hydrogen-bond acceptors (Lipinski definition) is 5. The van der Waals surface area contributed by atoms with Crippen LogP contribution in [-0.2, 0) is 6.61 Å². The number of rotatable bonds is 7. The van der Waals surface area contributed by atoms with Gasteiger partial charge in [0.05, 0.1) is 35.1 Å². The number of aliphatic hydroxyl groups is 1. The molecule has 0 aliphatic heterocycles. The van der Waals surface area contributed by atoms with Crippen molar-refractivity contribution in [3.05, 3.63) is 59.7 Å². The van der Waals surface area contributed by atoms with E-state index < -0.39 is 36.8 Å². The maximum Gasteiger partial charge on any atom is 0.402 e. The molecule has 13 heteroatoms. The van der Waals surface area contributed by atoms with E-state index in [-0.39, 0.29) is 29.1 Å². The normalized spacial score (nSPS) is 13.4. The Hall–Kier alpha value is -3.35. The van der Waals surface area contributed by atoms with E-state index in [4.69, 9.17) is 4.74 Å². The molecule has 1 unspecified atom stereocenters. The van der Waals surface area contributed by atoms with E-state index in [1.165, 1.54) is 29.8 Å². The molecule has 178 valence electrons. The fourth-order valence-corrected chi connectivity index (χ4v) is 3.27. The molecule has 33 heavy (non-hydrogen) atoms. The van der Waals surface area contributed by atoms with Gasteiger partial charge in [-0.1, -0.05) is 6.07 Å². The van der Waals surface area contributed by atoms with Crippen LogP contribution in [0.2, 0.25) is 0 Å². The highest BCUT2D eigenvalue weighted by molar-refractivity contribution is 6.02. The molecular weight excluding hydrogens is 458 g/mol. The Kier molecular flexibility index (Phi) is 6.81. The zero-order valence-corrected chi connectivity index (χ0v) is 17.0. The first kappa shape index (κ1) is 24.3. The van der Waals surface area contributed by atoms with E-state index in [9.17, 15) is 36.2 Å². The molecule has 0 fully saturated rings. The van der Waals surface area contributed by atoms with Crippen LogP contribution in [-0.4, -0.2) is 50.6 Å². The lowest BCUT2D eigenvalue weighted by Gasteiger charge is -2.30. The van der Waals surface area contributed by atoms with E-state index >= 15 is 0 Å². The van der Waals surface area contributed by atoms with Crippen LogP contribution in [0.5, 0.6) is 5.75 Å². The molecule has 3 aromatic rings. The lowest BCUT2D eigenvalue weighted by molar-refractivity contribution is -0.292. The van der Waals surface area contributed by atoms with Gasteiger partial charge in [0.25, 0.3) is 5.91 Å². The van der Waals surface area contributed by atoms with Gasteiger partial charge in [-0.3, -0.25) is 9.78 Å². The highest BCUT2D eigenvalue weighted by Crippen LogP contribution is 2.41. The predicted molar refractivity (Wildman–Crippen MR) is 102 cm³/mol. The van der Waals surface area contributed by atoms with Crippen LogP contribution in [0.3, 0.4) is 0 Å². The van der Waals surface area contributed by atoms with Crippen molar-refractivity contribution in [2.75, 3.05) is 6.61 Å². The van der Waals surface area contributed by atoms with Crippen molar-refractivity contribution in [2.24, 2.45) is 5.92 Å². The number of carbonyl (C=O) groups is 1. The molecule has 3 rings (SSSR count). The molecule has 0 spiro atoms. The number of nitrogens with one attached hydrogen (secondary N) is 1. The van der Waals surface area contributed by atoms with Crippen LogP contribution >= 0.6 is 0 Å². The Morgan fingerprint density at radius 1 is 1.18 bits per heavy atom. The molecule has 1 atom stereocenters. The number of carbonyl (C=O) groups excluding carboxylic acids is 1. The molecule has 0 radical (unpaired) electrons. The number of nitrogens with zero attached hydrogens (tertiary/aromatic N) is 3. The van der Waals surface area contributed by atoms with Crippen LogP contribution in [0.1, 0.15) is 21.7 Å². The number of alkyl halides is 6. The minimum atomic E-state index is -5.73. The number of hydrogen-bond donors (Lipinski definition) is 2. The third-order valence-electron chi connectivity index (χ3n) is 4.74. The van der Waals surface area contributed by atoms with Crippen molar-refractivity contribution in [1.82, 2.24) is 19.9 Å². The van der Waals surface area contributed by atoms with Gasteiger partial charge in [-0.15, -0.1) is 0 Å². The largest absolute Gasteiger partial charge is 0.487 e. The second kappa shape index (κ2) is 9.25. The van der Waals surface area contributed by atoms with Gasteiger partial charge in [-0.05, 0) is 25.1 Å². The molecule has 7 nitrogen and oxygen atoms in total. The van der Waals surface area contributed by atoms with Crippen LogP contribution in [0.15, 0.2) is 42.7 Å². The lowest BCUT2D eigenvalue weighted by atomic mass is 9.98. The summed E-state index contributed by atoms with van der Waals surface area (Å²) in [5.74, 6) is -4.93. The second-order valence-electron chi connectivity index (χ2n) is 7.09. The first-order chi connectivity index (χ1) is 15.4. The van der Waals surface area contributed by atoms with Gasteiger partial charge in [0, 0.05) is 18.5 Å². The first-order valence-electron chi connectivity index (χ1n) is 9.48. The molecule has 0 saturated carbocycles. The Morgan fingerprint density at radius 2 is 1.88 bits per heavy atom. The fraction of sp³-hybridized carbons (Fsp3) is 0.350. The SMILES string of the molecule is Cc1nn2ccc(OCc3ccccn3)cc2c1C(=O)NC(CO)C(C(F)(F)F)C(F)(F)F. The Morgan fingerprint density at radius 3 is 2.45 bits per heavy atom. The third-order valence-corrected chi connectivity index (χ3v) is 4.74. The number of halogens is 6. The molecule has 3 aromatic heterocycles. The van der Waals surface area contributed by atoms with Gasteiger partial charge in [-0.25, -0.2) is 4.52 Å². The van der Waals surface area contributed by atoms with Gasteiger partial charge in [0.2, 0.25) is 0 Å². The maximum absolute atomic E-state index is 13.0. The summed E-state index contributed by atoms with van der Waals surface area (Å²) in [6.45, 7) is -0.126. The Labute approximate surface area is 183 Å². The summed E-state index contributed by atoms with van der Waals surface area (Å²) in [7, 11) is 0. The summed E-state index contributed by atoms with van der Waals surface area (Å²) < 4.78 is 85.0. The topological polar surface area (TPSA) is 88.8 Å².